The highest BCUT2D eigenvalue weighted by atomic mass is 35.5. The molecule has 19 heavy (non-hydrogen) atoms. The average molecular weight is 320 g/mol. The molecule has 0 unspecified atom stereocenters. The van der Waals surface area contributed by atoms with Crippen LogP contribution in [0.2, 0.25) is 10.0 Å². The molecule has 0 atom stereocenters. The smallest absolute Gasteiger partial charge is 0.129 e. The summed E-state index contributed by atoms with van der Waals surface area (Å²) in [5.41, 5.74) is 1.07. The number of ether oxygens (including phenoxy) is 1. The highest BCUT2D eigenvalue weighted by molar-refractivity contribution is 6.32. The number of hydrogen-bond donors (Lipinski definition) is 0. The van der Waals surface area contributed by atoms with E-state index in [9.17, 15) is 4.39 Å². The largest absolute Gasteiger partial charge is 0.488 e. The molecule has 2 aromatic carbocycles. The molecule has 2 aromatic rings. The van der Waals surface area contributed by atoms with Gasteiger partial charge in [0.2, 0.25) is 0 Å². The second-order valence-corrected chi connectivity index (χ2v) is 4.99. The lowest BCUT2D eigenvalue weighted by molar-refractivity contribution is 0.297. The number of benzene rings is 2. The summed E-state index contributed by atoms with van der Waals surface area (Å²) in [5, 5.41) is 0.989. The van der Waals surface area contributed by atoms with Gasteiger partial charge in [-0.1, -0.05) is 29.3 Å². The lowest BCUT2D eigenvalue weighted by atomic mass is 10.2. The zero-order chi connectivity index (χ0) is 13.8. The Bertz CT molecular complexity index is 587. The van der Waals surface area contributed by atoms with E-state index in [2.05, 4.69) is 0 Å². The van der Waals surface area contributed by atoms with Gasteiger partial charge < -0.3 is 4.74 Å². The summed E-state index contributed by atoms with van der Waals surface area (Å²) in [7, 11) is 0. The molecule has 1 nitrogen and oxygen atoms in total. The summed E-state index contributed by atoms with van der Waals surface area (Å²) < 4.78 is 19.1. The summed E-state index contributed by atoms with van der Waals surface area (Å²) in [6, 6.07) is 9.55. The SMILES string of the molecule is Fc1ccc(Cl)cc1COc1cccc(Cl)c1CCl. The predicted octanol–water partition coefficient (Wildman–Crippen LogP) is 5.45. The fourth-order valence-corrected chi connectivity index (χ4v) is 2.38. The molecule has 5 heteroatoms. The fraction of sp³-hybridized carbons (Fsp3) is 0.143. The van der Waals surface area contributed by atoms with Crippen LogP contribution in [-0.2, 0) is 12.5 Å². The zero-order valence-corrected chi connectivity index (χ0v) is 12.1. The first-order valence-corrected chi connectivity index (χ1v) is 6.81. The summed E-state index contributed by atoms with van der Waals surface area (Å²) in [6.45, 7) is 0.0661. The van der Waals surface area contributed by atoms with Crippen molar-refractivity contribution in [1.29, 1.82) is 0 Å². The van der Waals surface area contributed by atoms with Crippen molar-refractivity contribution in [1.82, 2.24) is 0 Å². The number of halogens is 4. The van der Waals surface area contributed by atoms with Gasteiger partial charge in [0.15, 0.2) is 0 Å². The van der Waals surface area contributed by atoms with E-state index >= 15 is 0 Å². The minimum Gasteiger partial charge on any atom is -0.488 e. The van der Waals surface area contributed by atoms with Crippen LogP contribution in [0.1, 0.15) is 11.1 Å². The number of hydrogen-bond acceptors (Lipinski definition) is 1. The van der Waals surface area contributed by atoms with Crippen LogP contribution in [0, 0.1) is 5.82 Å². The maximum absolute atomic E-state index is 13.5. The van der Waals surface area contributed by atoms with Crippen molar-refractivity contribution in [2.24, 2.45) is 0 Å². The van der Waals surface area contributed by atoms with Crippen molar-refractivity contribution >= 4 is 34.8 Å². The Morgan fingerprint density at radius 2 is 1.89 bits per heavy atom. The molecule has 0 fully saturated rings. The van der Waals surface area contributed by atoms with Crippen LogP contribution in [0.4, 0.5) is 4.39 Å². The van der Waals surface area contributed by atoms with E-state index in [1.54, 1.807) is 18.2 Å². The Balaban J connectivity index is 2.19. The van der Waals surface area contributed by atoms with Gasteiger partial charge in [-0.3, -0.25) is 0 Å². The van der Waals surface area contributed by atoms with E-state index in [0.29, 0.717) is 26.9 Å². The first-order chi connectivity index (χ1) is 9.11. The molecule has 0 aliphatic rings. The molecule has 0 bridgehead atoms. The van der Waals surface area contributed by atoms with Crippen molar-refractivity contribution < 1.29 is 9.13 Å². The van der Waals surface area contributed by atoms with Gasteiger partial charge in [-0.15, -0.1) is 11.6 Å². The highest BCUT2D eigenvalue weighted by Crippen LogP contribution is 2.29. The van der Waals surface area contributed by atoms with Crippen LogP contribution in [0.5, 0.6) is 5.75 Å². The first-order valence-electron chi connectivity index (χ1n) is 5.52. The second-order valence-electron chi connectivity index (χ2n) is 3.87. The van der Waals surface area contributed by atoms with Crippen molar-refractivity contribution in [3.05, 3.63) is 63.4 Å². The normalized spacial score (nSPS) is 10.5. The molecule has 0 radical (unpaired) electrons. The minimum atomic E-state index is -0.362. The first kappa shape index (κ1) is 14.4. The van der Waals surface area contributed by atoms with E-state index in [4.69, 9.17) is 39.5 Å². The van der Waals surface area contributed by atoms with Gasteiger partial charge in [-0.2, -0.15) is 0 Å². The topological polar surface area (TPSA) is 9.23 Å². The Morgan fingerprint density at radius 3 is 2.63 bits per heavy atom. The molecular formula is C14H10Cl3FO. The van der Waals surface area contributed by atoms with Gasteiger partial charge in [-0.05, 0) is 30.3 Å². The van der Waals surface area contributed by atoms with Crippen LogP contribution in [0.15, 0.2) is 36.4 Å². The van der Waals surface area contributed by atoms with Crippen LogP contribution < -0.4 is 4.74 Å². The standard InChI is InChI=1S/C14H10Cl3FO/c15-7-11-12(17)2-1-3-14(11)19-8-9-6-10(16)4-5-13(9)18/h1-6H,7-8H2. The maximum Gasteiger partial charge on any atom is 0.129 e. The molecule has 0 spiro atoms. The average Bonchev–Trinajstić information content (AvgIpc) is 2.40. The monoisotopic (exact) mass is 318 g/mol. The predicted molar refractivity (Wildman–Crippen MR) is 76.8 cm³/mol. The van der Waals surface area contributed by atoms with Gasteiger partial charge in [0.05, 0.1) is 5.88 Å². The molecule has 2 rings (SSSR count). The third-order valence-electron chi connectivity index (χ3n) is 2.60. The molecule has 0 aliphatic heterocycles. The Morgan fingerprint density at radius 1 is 1.11 bits per heavy atom. The van der Waals surface area contributed by atoms with Crippen LogP contribution in [0.3, 0.4) is 0 Å². The molecule has 100 valence electrons. The van der Waals surface area contributed by atoms with Gasteiger partial charge in [-0.25, -0.2) is 4.39 Å². The summed E-state index contributed by atoms with van der Waals surface area (Å²) in [6.07, 6.45) is 0. The van der Waals surface area contributed by atoms with E-state index in [1.807, 2.05) is 0 Å². The molecule has 0 amide bonds. The third-order valence-corrected chi connectivity index (χ3v) is 3.46. The number of rotatable bonds is 4. The summed E-state index contributed by atoms with van der Waals surface area (Å²) >= 11 is 17.6. The molecule has 0 N–H and O–H groups in total. The van der Waals surface area contributed by atoms with Crippen molar-refractivity contribution in [2.45, 2.75) is 12.5 Å². The van der Waals surface area contributed by atoms with E-state index < -0.39 is 0 Å². The molecule has 0 aliphatic carbocycles. The van der Waals surface area contributed by atoms with Gasteiger partial charge in [0.1, 0.15) is 18.2 Å². The third kappa shape index (κ3) is 3.53. The van der Waals surface area contributed by atoms with Crippen molar-refractivity contribution in [3.63, 3.8) is 0 Å². The Kier molecular flexibility index (Phi) is 4.92. The summed E-state index contributed by atoms with van der Waals surface area (Å²) in [5.74, 6) is 0.410. The molecule has 0 heterocycles. The quantitative estimate of drug-likeness (QED) is 0.681. The lowest BCUT2D eigenvalue weighted by Gasteiger charge is -2.11. The van der Waals surface area contributed by atoms with E-state index in [0.717, 1.165) is 0 Å². The summed E-state index contributed by atoms with van der Waals surface area (Å²) in [4.78, 5) is 0. The van der Waals surface area contributed by atoms with Gasteiger partial charge in [0.25, 0.3) is 0 Å². The Labute approximate surface area is 125 Å². The van der Waals surface area contributed by atoms with E-state index in [-0.39, 0.29) is 18.3 Å². The van der Waals surface area contributed by atoms with Crippen molar-refractivity contribution in [2.75, 3.05) is 0 Å². The second kappa shape index (κ2) is 6.47. The van der Waals surface area contributed by atoms with Gasteiger partial charge >= 0.3 is 0 Å². The van der Waals surface area contributed by atoms with E-state index in [1.165, 1.54) is 18.2 Å². The van der Waals surface area contributed by atoms with Crippen LogP contribution in [0.25, 0.3) is 0 Å². The zero-order valence-electron chi connectivity index (χ0n) is 9.80. The minimum absolute atomic E-state index is 0.0661. The Hall–Kier alpha value is -0.960. The lowest BCUT2D eigenvalue weighted by Crippen LogP contribution is -2.00. The molecule has 0 saturated carbocycles. The number of alkyl halides is 1. The van der Waals surface area contributed by atoms with Crippen molar-refractivity contribution in [3.8, 4) is 5.75 Å². The molecular weight excluding hydrogens is 310 g/mol. The maximum atomic E-state index is 13.5. The highest BCUT2D eigenvalue weighted by Gasteiger charge is 2.09. The molecule has 0 saturated heterocycles. The van der Waals surface area contributed by atoms with Gasteiger partial charge in [0, 0.05) is 21.2 Å². The van der Waals surface area contributed by atoms with Crippen LogP contribution in [-0.4, -0.2) is 0 Å². The molecule has 0 aromatic heterocycles. The van der Waals surface area contributed by atoms with Crippen LogP contribution >= 0.6 is 34.8 Å². The fourth-order valence-electron chi connectivity index (χ4n) is 1.61.